The first kappa shape index (κ1) is 13.2. The van der Waals surface area contributed by atoms with Crippen LogP contribution in [0.25, 0.3) is 0 Å². The monoisotopic (exact) mass is 239 g/mol. The molecular weight excluding hydrogens is 222 g/mol. The van der Waals surface area contributed by atoms with Crippen LogP contribution in [-0.2, 0) is 16.1 Å². The summed E-state index contributed by atoms with van der Waals surface area (Å²) in [5, 5.41) is 11.5. The molecule has 2 unspecified atom stereocenters. The fraction of sp³-hybridized carbons (Fsp3) is 0.545. The van der Waals surface area contributed by atoms with E-state index >= 15 is 0 Å². The minimum absolute atomic E-state index is 0.236. The van der Waals surface area contributed by atoms with Gasteiger partial charge in [-0.2, -0.15) is 0 Å². The summed E-state index contributed by atoms with van der Waals surface area (Å²) in [6.45, 7) is 4.24. The standard InChI is InChI=1S/C11H17N3O3/c1-8(9(2)11(16)17)10(15)13-4-6-14-5-3-12-7-14/h3,5,7-9H,4,6H2,1-2H3,(H,13,15)(H,16,17). The Hall–Kier alpha value is -1.85. The quantitative estimate of drug-likeness (QED) is 0.750. The largest absolute Gasteiger partial charge is 0.481 e. The zero-order valence-corrected chi connectivity index (χ0v) is 9.96. The normalized spacial score (nSPS) is 14.0. The molecule has 0 radical (unpaired) electrons. The maximum Gasteiger partial charge on any atom is 0.307 e. The molecule has 0 saturated carbocycles. The molecule has 0 aliphatic carbocycles. The summed E-state index contributed by atoms with van der Waals surface area (Å²) >= 11 is 0. The number of hydrogen-bond donors (Lipinski definition) is 2. The van der Waals surface area contributed by atoms with Crippen LogP contribution >= 0.6 is 0 Å². The molecule has 1 heterocycles. The molecule has 0 aromatic carbocycles. The summed E-state index contributed by atoms with van der Waals surface area (Å²) in [6, 6.07) is 0. The van der Waals surface area contributed by atoms with Crippen molar-refractivity contribution in [3.8, 4) is 0 Å². The molecule has 1 rings (SSSR count). The lowest BCUT2D eigenvalue weighted by Gasteiger charge is -2.15. The van der Waals surface area contributed by atoms with E-state index in [9.17, 15) is 9.59 Å². The van der Waals surface area contributed by atoms with Gasteiger partial charge in [0.15, 0.2) is 0 Å². The van der Waals surface area contributed by atoms with Gasteiger partial charge in [-0.1, -0.05) is 13.8 Å². The van der Waals surface area contributed by atoms with Crippen LogP contribution in [0.5, 0.6) is 0 Å². The van der Waals surface area contributed by atoms with Crippen LogP contribution in [0.1, 0.15) is 13.8 Å². The van der Waals surface area contributed by atoms with E-state index in [0.717, 1.165) is 0 Å². The van der Waals surface area contributed by atoms with Gasteiger partial charge in [0.1, 0.15) is 0 Å². The van der Waals surface area contributed by atoms with Crippen molar-refractivity contribution in [2.75, 3.05) is 6.54 Å². The van der Waals surface area contributed by atoms with Crippen LogP contribution in [0.3, 0.4) is 0 Å². The smallest absolute Gasteiger partial charge is 0.307 e. The molecule has 0 aliphatic rings. The average Bonchev–Trinajstić information content (AvgIpc) is 2.79. The van der Waals surface area contributed by atoms with Crippen molar-refractivity contribution in [1.82, 2.24) is 14.9 Å². The van der Waals surface area contributed by atoms with Crippen LogP contribution in [0.15, 0.2) is 18.7 Å². The molecule has 2 atom stereocenters. The Morgan fingerprint density at radius 2 is 2.12 bits per heavy atom. The van der Waals surface area contributed by atoms with E-state index in [0.29, 0.717) is 13.1 Å². The van der Waals surface area contributed by atoms with Crippen molar-refractivity contribution in [2.45, 2.75) is 20.4 Å². The first-order chi connectivity index (χ1) is 8.02. The topological polar surface area (TPSA) is 84.2 Å². The van der Waals surface area contributed by atoms with Gasteiger partial charge in [-0.05, 0) is 0 Å². The number of aliphatic carboxylic acids is 1. The van der Waals surface area contributed by atoms with E-state index in [1.165, 1.54) is 6.92 Å². The fourth-order valence-corrected chi connectivity index (χ4v) is 1.33. The Labute approximate surface area is 99.7 Å². The number of nitrogens with zero attached hydrogens (tertiary/aromatic N) is 2. The number of amides is 1. The number of carbonyl (C=O) groups is 2. The molecule has 1 amide bonds. The Morgan fingerprint density at radius 1 is 1.41 bits per heavy atom. The van der Waals surface area contributed by atoms with Gasteiger partial charge in [0.05, 0.1) is 12.2 Å². The van der Waals surface area contributed by atoms with E-state index in [1.54, 1.807) is 25.6 Å². The van der Waals surface area contributed by atoms with E-state index in [-0.39, 0.29) is 5.91 Å². The van der Waals surface area contributed by atoms with Crippen LogP contribution in [0, 0.1) is 11.8 Å². The zero-order chi connectivity index (χ0) is 12.8. The molecule has 0 spiro atoms. The van der Waals surface area contributed by atoms with Gasteiger partial charge >= 0.3 is 5.97 Å². The number of carbonyl (C=O) groups excluding carboxylic acids is 1. The Kier molecular flexibility index (Phi) is 4.68. The third-order valence-electron chi connectivity index (χ3n) is 2.78. The summed E-state index contributed by atoms with van der Waals surface area (Å²) in [5.41, 5.74) is 0. The van der Waals surface area contributed by atoms with E-state index in [4.69, 9.17) is 5.11 Å². The van der Waals surface area contributed by atoms with Gasteiger partial charge in [0.2, 0.25) is 5.91 Å². The second-order valence-electron chi connectivity index (χ2n) is 4.01. The lowest BCUT2D eigenvalue weighted by atomic mass is 9.95. The third-order valence-corrected chi connectivity index (χ3v) is 2.78. The minimum atomic E-state index is -0.956. The molecule has 0 bridgehead atoms. The molecular formula is C11H17N3O3. The molecule has 0 fully saturated rings. The van der Waals surface area contributed by atoms with Crippen molar-refractivity contribution in [3.05, 3.63) is 18.7 Å². The van der Waals surface area contributed by atoms with E-state index < -0.39 is 17.8 Å². The predicted octanol–water partition coefficient (Wildman–Crippen LogP) is 0.356. The number of rotatable bonds is 6. The highest BCUT2D eigenvalue weighted by molar-refractivity contribution is 5.84. The highest BCUT2D eigenvalue weighted by Gasteiger charge is 2.25. The molecule has 6 nitrogen and oxygen atoms in total. The van der Waals surface area contributed by atoms with Crippen molar-refractivity contribution in [3.63, 3.8) is 0 Å². The van der Waals surface area contributed by atoms with Crippen molar-refractivity contribution in [2.24, 2.45) is 11.8 Å². The average molecular weight is 239 g/mol. The summed E-state index contributed by atoms with van der Waals surface area (Å²) < 4.78 is 1.84. The van der Waals surface area contributed by atoms with Crippen LogP contribution in [0.2, 0.25) is 0 Å². The van der Waals surface area contributed by atoms with Gasteiger partial charge in [0, 0.05) is 31.4 Å². The zero-order valence-electron chi connectivity index (χ0n) is 9.96. The molecule has 0 aliphatic heterocycles. The SMILES string of the molecule is CC(C(=O)O)C(C)C(=O)NCCn1ccnc1. The lowest BCUT2D eigenvalue weighted by molar-refractivity contribution is -0.146. The molecule has 17 heavy (non-hydrogen) atoms. The number of hydrogen-bond acceptors (Lipinski definition) is 3. The van der Waals surface area contributed by atoms with Crippen LogP contribution < -0.4 is 5.32 Å². The fourth-order valence-electron chi connectivity index (χ4n) is 1.33. The van der Waals surface area contributed by atoms with Crippen molar-refractivity contribution in [1.29, 1.82) is 0 Å². The molecule has 2 N–H and O–H groups in total. The first-order valence-electron chi connectivity index (χ1n) is 5.48. The van der Waals surface area contributed by atoms with E-state index in [2.05, 4.69) is 10.3 Å². The van der Waals surface area contributed by atoms with Crippen LogP contribution in [-0.4, -0.2) is 33.1 Å². The summed E-state index contributed by atoms with van der Waals surface area (Å²) in [7, 11) is 0. The second kappa shape index (κ2) is 6.03. The highest BCUT2D eigenvalue weighted by atomic mass is 16.4. The Balaban J connectivity index is 2.32. The van der Waals surface area contributed by atoms with Gasteiger partial charge in [-0.3, -0.25) is 9.59 Å². The van der Waals surface area contributed by atoms with Gasteiger partial charge < -0.3 is 15.0 Å². The molecule has 1 aromatic rings. The molecule has 0 saturated heterocycles. The number of aromatic nitrogens is 2. The maximum atomic E-state index is 11.6. The number of carboxylic acids is 1. The number of imidazole rings is 1. The van der Waals surface area contributed by atoms with E-state index in [1.807, 2.05) is 4.57 Å². The number of nitrogens with one attached hydrogen (secondary N) is 1. The summed E-state index contributed by atoms with van der Waals surface area (Å²) in [4.78, 5) is 26.2. The second-order valence-corrected chi connectivity index (χ2v) is 4.01. The predicted molar refractivity (Wildman–Crippen MR) is 61.2 cm³/mol. The molecule has 6 heteroatoms. The number of carboxylic acid groups (broad SMARTS) is 1. The lowest BCUT2D eigenvalue weighted by Crippen LogP contribution is -2.36. The minimum Gasteiger partial charge on any atom is -0.481 e. The van der Waals surface area contributed by atoms with Crippen LogP contribution in [0.4, 0.5) is 0 Å². The van der Waals surface area contributed by atoms with Crippen molar-refractivity contribution >= 4 is 11.9 Å². The summed E-state index contributed by atoms with van der Waals surface area (Å²) in [5.74, 6) is -2.40. The third kappa shape index (κ3) is 3.90. The Morgan fingerprint density at radius 3 is 2.65 bits per heavy atom. The maximum absolute atomic E-state index is 11.6. The highest BCUT2D eigenvalue weighted by Crippen LogP contribution is 2.10. The van der Waals surface area contributed by atoms with Crippen molar-refractivity contribution < 1.29 is 14.7 Å². The van der Waals surface area contributed by atoms with Gasteiger partial charge in [0.25, 0.3) is 0 Å². The Bertz CT molecular complexity index is 375. The van der Waals surface area contributed by atoms with Gasteiger partial charge in [-0.15, -0.1) is 0 Å². The van der Waals surface area contributed by atoms with Gasteiger partial charge in [-0.25, -0.2) is 4.98 Å². The molecule has 94 valence electrons. The summed E-state index contributed by atoms with van der Waals surface area (Å²) in [6.07, 6.45) is 5.13. The first-order valence-corrected chi connectivity index (χ1v) is 5.48. The molecule has 1 aromatic heterocycles.